The highest BCUT2D eigenvalue weighted by Gasteiger charge is 2.24. The number of carbonyl (C=O) groups is 3. The summed E-state index contributed by atoms with van der Waals surface area (Å²) in [6.07, 6.45) is 4.93. The number of nitrogens with one attached hydrogen (secondary N) is 2. The summed E-state index contributed by atoms with van der Waals surface area (Å²) in [5, 5.41) is 19.7. The first-order valence-corrected chi connectivity index (χ1v) is 15.3. The Labute approximate surface area is 261 Å². The van der Waals surface area contributed by atoms with Crippen molar-refractivity contribution in [2.75, 3.05) is 19.7 Å². The molecule has 0 spiro atoms. The molecule has 0 aliphatic heterocycles. The molecule has 5 N–H and O–H groups in total. The highest BCUT2D eigenvalue weighted by molar-refractivity contribution is 5.92. The van der Waals surface area contributed by atoms with Gasteiger partial charge in [0.05, 0.1) is 31.8 Å². The Kier molecular flexibility index (Phi) is 13.9. The molecule has 44 heavy (non-hydrogen) atoms. The molecule has 8 heteroatoms. The van der Waals surface area contributed by atoms with E-state index >= 15 is 0 Å². The van der Waals surface area contributed by atoms with Gasteiger partial charge in [-0.2, -0.15) is 0 Å². The van der Waals surface area contributed by atoms with E-state index in [2.05, 4.69) is 16.7 Å². The summed E-state index contributed by atoms with van der Waals surface area (Å²) in [7, 11) is 0. The fourth-order valence-electron chi connectivity index (χ4n) is 4.95. The molecular formula is C36H47N3O5. The quantitative estimate of drug-likeness (QED) is 0.0919. The van der Waals surface area contributed by atoms with Crippen LogP contribution < -0.4 is 16.4 Å². The normalized spacial score (nSPS) is 13.9. The molecule has 3 aromatic rings. The van der Waals surface area contributed by atoms with Crippen molar-refractivity contribution in [2.45, 2.75) is 76.6 Å². The van der Waals surface area contributed by atoms with Crippen LogP contribution in [0.25, 0.3) is 10.8 Å². The Morgan fingerprint density at radius 2 is 1.61 bits per heavy atom. The van der Waals surface area contributed by atoms with Crippen molar-refractivity contribution in [3.05, 3.63) is 96.1 Å². The lowest BCUT2D eigenvalue weighted by Crippen LogP contribution is -2.49. The van der Waals surface area contributed by atoms with Crippen LogP contribution in [-0.4, -0.2) is 66.1 Å². The molecule has 0 saturated heterocycles. The highest BCUT2D eigenvalue weighted by Crippen LogP contribution is 2.17. The Balaban J connectivity index is 1.71. The van der Waals surface area contributed by atoms with Gasteiger partial charge in [0.1, 0.15) is 0 Å². The first kappa shape index (κ1) is 34.8. The van der Waals surface area contributed by atoms with E-state index in [9.17, 15) is 19.5 Å². The lowest BCUT2D eigenvalue weighted by atomic mass is 9.96. The number of ketones is 2. The predicted molar refractivity (Wildman–Crippen MR) is 175 cm³/mol. The van der Waals surface area contributed by atoms with Gasteiger partial charge in [0, 0.05) is 18.5 Å². The van der Waals surface area contributed by atoms with Crippen LogP contribution in [0.1, 0.15) is 51.2 Å². The van der Waals surface area contributed by atoms with Crippen LogP contribution in [-0.2, 0) is 32.0 Å². The summed E-state index contributed by atoms with van der Waals surface area (Å²) in [6.45, 7) is 5.40. The van der Waals surface area contributed by atoms with Crippen molar-refractivity contribution in [1.82, 2.24) is 10.6 Å². The van der Waals surface area contributed by atoms with Crippen molar-refractivity contribution >= 4 is 28.3 Å². The number of carbonyl (C=O) groups excluding carboxylic acids is 3. The Hall–Kier alpha value is -3.69. The van der Waals surface area contributed by atoms with E-state index in [-0.39, 0.29) is 37.2 Å². The number of hydrogen-bond acceptors (Lipinski definition) is 8. The number of aliphatic hydroxyl groups excluding tert-OH is 1. The van der Waals surface area contributed by atoms with Gasteiger partial charge < -0.3 is 20.9 Å². The molecule has 0 amide bonds. The Bertz CT molecular complexity index is 1380. The van der Waals surface area contributed by atoms with Gasteiger partial charge in [-0.3, -0.25) is 19.7 Å². The van der Waals surface area contributed by atoms with Crippen LogP contribution in [0.5, 0.6) is 0 Å². The molecule has 0 aromatic heterocycles. The number of nitrogens with two attached hydrogens (primary N) is 1. The second kappa shape index (κ2) is 17.6. The van der Waals surface area contributed by atoms with Crippen molar-refractivity contribution < 1.29 is 24.2 Å². The maximum Gasteiger partial charge on any atom is 0.302 e. The maximum absolute atomic E-state index is 13.7. The van der Waals surface area contributed by atoms with E-state index in [1.165, 1.54) is 13.0 Å². The van der Waals surface area contributed by atoms with Gasteiger partial charge in [0.15, 0.2) is 11.6 Å². The topological polar surface area (TPSA) is 131 Å². The third-order valence-corrected chi connectivity index (χ3v) is 7.36. The van der Waals surface area contributed by atoms with Crippen LogP contribution in [0.4, 0.5) is 0 Å². The minimum absolute atomic E-state index is 0.00907. The van der Waals surface area contributed by atoms with E-state index < -0.39 is 23.7 Å². The number of ether oxygens (including phenoxy) is 1. The minimum Gasteiger partial charge on any atom is -0.466 e. The summed E-state index contributed by atoms with van der Waals surface area (Å²) in [4.78, 5) is 37.4. The standard InChI is InChI=1S/C36H47N3O5/c1-26(40)44-20-10-16-34(42)32(22-27-11-5-4-6-12-27)39-25-35(43)33(38-24-31(41)15-9-19-36(2,3)37)23-28-17-18-29-13-7-8-14-30(29)21-28/h4-9,11-15,17-18,21,32-34,38-39,42H,10,16,19-20,22-25,37H2,1-3H3/t32?,33-,34?/m1/s1. The van der Waals surface area contributed by atoms with E-state index in [1.807, 2.05) is 80.6 Å². The number of fused-ring (bicyclic) bond motifs is 1. The summed E-state index contributed by atoms with van der Waals surface area (Å²) in [5.74, 6) is -0.599. The zero-order valence-corrected chi connectivity index (χ0v) is 26.1. The maximum atomic E-state index is 13.7. The van der Waals surface area contributed by atoms with Gasteiger partial charge in [0.25, 0.3) is 0 Å². The van der Waals surface area contributed by atoms with E-state index in [0.717, 1.165) is 21.9 Å². The second-order valence-corrected chi connectivity index (χ2v) is 12.1. The van der Waals surface area contributed by atoms with E-state index in [4.69, 9.17) is 10.5 Å². The fraction of sp³-hybridized carbons (Fsp3) is 0.417. The number of benzene rings is 3. The number of esters is 1. The molecule has 0 fully saturated rings. The Morgan fingerprint density at radius 3 is 2.32 bits per heavy atom. The highest BCUT2D eigenvalue weighted by atomic mass is 16.5. The predicted octanol–water partition coefficient (Wildman–Crippen LogP) is 4.07. The first-order valence-electron chi connectivity index (χ1n) is 15.3. The minimum atomic E-state index is -0.760. The van der Waals surface area contributed by atoms with Gasteiger partial charge in [-0.25, -0.2) is 0 Å². The van der Waals surface area contributed by atoms with Crippen molar-refractivity contribution in [2.24, 2.45) is 5.73 Å². The molecule has 0 aliphatic rings. The monoisotopic (exact) mass is 601 g/mol. The van der Waals surface area contributed by atoms with Crippen LogP contribution in [0, 0.1) is 0 Å². The molecule has 236 valence electrons. The van der Waals surface area contributed by atoms with Crippen LogP contribution >= 0.6 is 0 Å². The number of Topliss-reactive ketones (excluding diaryl/α,β-unsaturated/α-hetero) is 1. The SMILES string of the molecule is CC(=O)OCCCC(O)C(Cc1ccccc1)NCC(=O)[C@@H](Cc1ccc2ccccc2c1)NCC(=O)C=CCC(C)(C)N. The van der Waals surface area contributed by atoms with Crippen LogP contribution in [0.15, 0.2) is 84.9 Å². The van der Waals surface area contributed by atoms with Crippen LogP contribution in [0.3, 0.4) is 0 Å². The average molecular weight is 602 g/mol. The molecule has 0 bridgehead atoms. The molecule has 2 unspecified atom stereocenters. The third-order valence-electron chi connectivity index (χ3n) is 7.36. The number of aliphatic hydroxyl groups is 1. The smallest absolute Gasteiger partial charge is 0.302 e. The van der Waals surface area contributed by atoms with Gasteiger partial charge in [-0.1, -0.05) is 78.9 Å². The van der Waals surface area contributed by atoms with Crippen molar-refractivity contribution in [3.63, 3.8) is 0 Å². The van der Waals surface area contributed by atoms with Gasteiger partial charge in [0.2, 0.25) is 0 Å². The van der Waals surface area contributed by atoms with Crippen molar-refractivity contribution in [3.8, 4) is 0 Å². The van der Waals surface area contributed by atoms with Gasteiger partial charge in [-0.15, -0.1) is 0 Å². The van der Waals surface area contributed by atoms with Gasteiger partial charge >= 0.3 is 5.97 Å². The molecular weight excluding hydrogens is 554 g/mol. The second-order valence-electron chi connectivity index (χ2n) is 12.1. The molecule has 0 heterocycles. The zero-order valence-electron chi connectivity index (χ0n) is 26.1. The molecule has 3 aromatic carbocycles. The van der Waals surface area contributed by atoms with Crippen molar-refractivity contribution in [1.29, 1.82) is 0 Å². The largest absolute Gasteiger partial charge is 0.466 e. The molecule has 3 atom stereocenters. The van der Waals surface area contributed by atoms with Crippen LogP contribution in [0.2, 0.25) is 0 Å². The lowest BCUT2D eigenvalue weighted by molar-refractivity contribution is -0.141. The fourth-order valence-corrected chi connectivity index (χ4v) is 4.95. The first-order chi connectivity index (χ1) is 21.0. The molecule has 0 saturated carbocycles. The molecule has 8 nitrogen and oxygen atoms in total. The lowest BCUT2D eigenvalue weighted by Gasteiger charge is -2.26. The third kappa shape index (κ3) is 12.9. The zero-order chi connectivity index (χ0) is 32.0. The molecule has 0 radical (unpaired) electrons. The summed E-state index contributed by atoms with van der Waals surface area (Å²) < 4.78 is 5.02. The average Bonchev–Trinajstić information content (AvgIpc) is 2.99. The number of rotatable bonds is 19. The molecule has 3 rings (SSSR count). The van der Waals surface area contributed by atoms with E-state index in [0.29, 0.717) is 32.1 Å². The summed E-state index contributed by atoms with van der Waals surface area (Å²) >= 11 is 0. The van der Waals surface area contributed by atoms with E-state index in [1.54, 1.807) is 6.08 Å². The molecule has 0 aliphatic carbocycles. The summed E-state index contributed by atoms with van der Waals surface area (Å²) in [5.41, 5.74) is 7.61. The van der Waals surface area contributed by atoms with Gasteiger partial charge in [-0.05, 0) is 73.9 Å². The summed E-state index contributed by atoms with van der Waals surface area (Å²) in [6, 6.07) is 22.9. The number of hydrogen-bond donors (Lipinski definition) is 4. The Morgan fingerprint density at radius 1 is 0.909 bits per heavy atom.